The average molecular weight is 425 g/mol. The van der Waals surface area contributed by atoms with Gasteiger partial charge in [-0.3, -0.25) is 0 Å². The van der Waals surface area contributed by atoms with Gasteiger partial charge in [0.15, 0.2) is 10.1 Å². The van der Waals surface area contributed by atoms with Crippen LogP contribution in [0.2, 0.25) is 19.6 Å². The molecule has 0 bridgehead atoms. The molecule has 0 unspecified atom stereocenters. The number of para-hydroxylation sites is 1. The number of rotatable bonds is 4. The monoisotopic (exact) mass is 424 g/mol. The summed E-state index contributed by atoms with van der Waals surface area (Å²) in [7, 11) is -0.229. The predicted octanol–water partition coefficient (Wildman–Crippen LogP) is 3.68. The number of halogens is 3. The van der Waals surface area contributed by atoms with E-state index in [1.807, 2.05) is 0 Å². The van der Waals surface area contributed by atoms with Crippen LogP contribution >= 0.6 is 0 Å². The van der Waals surface area contributed by atoms with E-state index >= 15 is 0 Å². The second-order valence-corrected chi connectivity index (χ2v) is 15.3. The van der Waals surface area contributed by atoms with Gasteiger partial charge in [0.25, 0.3) is 0 Å². The van der Waals surface area contributed by atoms with Gasteiger partial charge in [-0.2, -0.15) is 13.2 Å². The van der Waals surface area contributed by atoms with E-state index in [0.717, 1.165) is 11.0 Å². The summed E-state index contributed by atoms with van der Waals surface area (Å²) in [4.78, 5) is 0. The van der Waals surface area contributed by atoms with Crippen molar-refractivity contribution in [3.8, 4) is 0 Å². The Bertz CT molecular complexity index is 885. The molecular weight excluding hydrogens is 397 g/mol. The molecule has 2 aromatic rings. The van der Waals surface area contributed by atoms with E-state index in [1.165, 1.54) is 22.8 Å². The van der Waals surface area contributed by atoms with E-state index in [2.05, 4.69) is 75.7 Å². The fourth-order valence-corrected chi connectivity index (χ4v) is 5.96. The van der Waals surface area contributed by atoms with Crippen LogP contribution in [0.1, 0.15) is 5.69 Å². The molecule has 0 aliphatic carbocycles. The van der Waals surface area contributed by atoms with Crippen molar-refractivity contribution in [2.24, 2.45) is 7.05 Å². The number of alkyl halides is 3. The molecule has 1 aromatic heterocycles. The Hall–Kier alpha value is -1.36. The highest BCUT2D eigenvalue weighted by Gasteiger charge is 2.36. The van der Waals surface area contributed by atoms with Crippen LogP contribution in [0.15, 0.2) is 30.3 Å². The lowest BCUT2D eigenvalue weighted by atomic mass is 10.2. The summed E-state index contributed by atoms with van der Waals surface area (Å²) in [5, 5.41) is 1.35. The third-order valence-corrected chi connectivity index (χ3v) is 6.20. The van der Waals surface area contributed by atoms with Crippen LogP contribution in [0, 0.1) is 0 Å². The summed E-state index contributed by atoms with van der Waals surface area (Å²) < 4.78 is 62.3. The number of aromatic nitrogens is 1. The number of hydrogen-bond donors (Lipinski definition) is 0. The van der Waals surface area contributed by atoms with Crippen molar-refractivity contribution in [3.05, 3.63) is 36.0 Å². The van der Waals surface area contributed by atoms with Gasteiger partial charge >= 0.3 is 5.51 Å². The van der Waals surface area contributed by atoms with Crippen LogP contribution in [0.25, 0.3) is 10.9 Å². The molecule has 0 aliphatic heterocycles. The Kier molecular flexibility index (Phi) is 6.96. The molecule has 0 N–H and O–H groups in total. The molecule has 10 heteroatoms. The number of aryl methyl sites for hydroxylation is 1. The highest BCUT2D eigenvalue weighted by Crippen LogP contribution is 2.22. The Labute approximate surface area is 159 Å². The molecule has 5 nitrogen and oxygen atoms in total. The molecule has 2 rings (SSSR count). The van der Waals surface area contributed by atoms with E-state index in [0.29, 0.717) is 0 Å². The van der Waals surface area contributed by atoms with Gasteiger partial charge in [0, 0.05) is 18.0 Å². The molecule has 27 heavy (non-hydrogen) atoms. The van der Waals surface area contributed by atoms with Crippen molar-refractivity contribution >= 4 is 29.1 Å². The van der Waals surface area contributed by atoms with Gasteiger partial charge in [-0.25, -0.2) is 8.42 Å². The fourth-order valence-electron chi connectivity index (χ4n) is 3.28. The molecule has 0 saturated heterocycles. The summed E-state index contributed by atoms with van der Waals surface area (Å²) in [6.45, 7) is 8.47. The zero-order valence-corrected chi connectivity index (χ0v) is 18.3. The summed E-state index contributed by atoms with van der Waals surface area (Å²) in [5.74, 6) is 0. The molecule has 0 amide bonds. The summed E-state index contributed by atoms with van der Waals surface area (Å²) in [5.41, 5.74) is -2.87. The van der Waals surface area contributed by atoms with E-state index in [4.69, 9.17) is 13.0 Å². The van der Waals surface area contributed by atoms with Crippen LogP contribution in [0.3, 0.4) is 0 Å². The predicted molar refractivity (Wildman–Crippen MR) is 103 cm³/mol. The topological polar surface area (TPSA) is 62.1 Å². The Balaban J connectivity index is 0.000000387. The third kappa shape index (κ3) is 7.28. The van der Waals surface area contributed by atoms with Gasteiger partial charge < -0.3 is 13.6 Å². The first-order chi connectivity index (χ1) is 11.9. The van der Waals surface area contributed by atoms with Crippen molar-refractivity contribution in [1.82, 2.24) is 4.57 Å². The van der Waals surface area contributed by atoms with Crippen molar-refractivity contribution in [3.63, 3.8) is 0 Å². The molecule has 154 valence electrons. The van der Waals surface area contributed by atoms with Gasteiger partial charge in [0.05, 0.1) is 26.0 Å². The first-order valence-electron chi connectivity index (χ1n) is 8.30. The van der Waals surface area contributed by atoms with Crippen LogP contribution in [-0.2, 0) is 23.7 Å². The van der Waals surface area contributed by atoms with E-state index in [-0.39, 0.29) is 0 Å². The normalized spacial score (nSPS) is 13.4. The lowest BCUT2D eigenvalue weighted by molar-refractivity contribution is -0.894. The summed E-state index contributed by atoms with van der Waals surface area (Å²) in [6, 6.07) is 11.0. The van der Waals surface area contributed by atoms with Crippen LogP contribution in [0.4, 0.5) is 13.2 Å². The van der Waals surface area contributed by atoms with E-state index in [9.17, 15) is 13.2 Å². The van der Waals surface area contributed by atoms with Crippen molar-refractivity contribution in [2.45, 2.75) is 31.7 Å². The minimum Gasteiger partial charge on any atom is -0.741 e. The van der Waals surface area contributed by atoms with Crippen molar-refractivity contribution < 1.29 is 30.6 Å². The Morgan fingerprint density at radius 1 is 1.15 bits per heavy atom. The van der Waals surface area contributed by atoms with Crippen LogP contribution in [0.5, 0.6) is 0 Å². The SMILES string of the molecule is Cn1c(C[N+](C)(C)C[Si](C)(C)C)cc2ccccc21.O=S(=O)([O-])C(F)(F)F. The standard InChI is InChI=1S/C16H27N2Si.CHF3O3S/c1-17-15(11-14-9-7-8-10-16(14)17)12-18(2,3)13-19(4,5)6;2-1(3,4)8(5,6)7/h7-11H,12-13H2,1-6H3;(H,5,6,7)/q+1;/p-1. The second-order valence-electron chi connectivity index (χ2n) is 8.47. The molecule has 0 radical (unpaired) electrons. The fraction of sp³-hybridized carbons (Fsp3) is 0.529. The van der Waals surface area contributed by atoms with Gasteiger partial charge in [0.1, 0.15) is 14.6 Å². The second kappa shape index (κ2) is 7.94. The zero-order chi connectivity index (χ0) is 21.3. The molecule has 0 atom stereocenters. The molecule has 1 aromatic carbocycles. The molecular formula is C17H27F3N2O3SSi. The minimum absolute atomic E-state index is 1.04. The molecule has 0 saturated carbocycles. The van der Waals surface area contributed by atoms with Crippen molar-refractivity contribution in [1.29, 1.82) is 0 Å². The number of fused-ring (bicyclic) bond motifs is 1. The maximum atomic E-state index is 10.7. The van der Waals surface area contributed by atoms with Gasteiger partial charge in [-0.05, 0) is 12.1 Å². The Morgan fingerprint density at radius 3 is 2.04 bits per heavy atom. The smallest absolute Gasteiger partial charge is 0.485 e. The molecule has 0 spiro atoms. The maximum Gasteiger partial charge on any atom is 0.485 e. The summed E-state index contributed by atoms with van der Waals surface area (Å²) >= 11 is 0. The Morgan fingerprint density at radius 2 is 1.63 bits per heavy atom. The number of hydrogen-bond acceptors (Lipinski definition) is 3. The van der Waals surface area contributed by atoms with Crippen molar-refractivity contribution in [2.75, 3.05) is 20.3 Å². The number of benzene rings is 1. The van der Waals surface area contributed by atoms with Crippen LogP contribution < -0.4 is 0 Å². The molecule has 1 heterocycles. The van der Waals surface area contributed by atoms with Gasteiger partial charge in [-0.1, -0.05) is 37.8 Å². The van der Waals surface area contributed by atoms with Gasteiger partial charge in [0.2, 0.25) is 0 Å². The lowest BCUT2D eigenvalue weighted by Crippen LogP contribution is -2.50. The maximum absolute atomic E-state index is 10.7. The summed E-state index contributed by atoms with van der Waals surface area (Å²) in [6.07, 6.45) is 1.31. The number of quaternary nitrogens is 1. The minimum atomic E-state index is -6.09. The highest BCUT2D eigenvalue weighted by atomic mass is 32.2. The molecule has 0 aliphatic rings. The number of nitrogens with zero attached hydrogens (tertiary/aromatic N) is 2. The zero-order valence-electron chi connectivity index (χ0n) is 16.5. The van der Waals surface area contributed by atoms with Crippen LogP contribution in [-0.4, -0.2) is 55.9 Å². The van der Waals surface area contributed by atoms with E-state index < -0.39 is 23.7 Å². The van der Waals surface area contributed by atoms with Gasteiger partial charge in [-0.15, -0.1) is 0 Å². The molecule has 0 fully saturated rings. The average Bonchev–Trinajstić information content (AvgIpc) is 2.71. The first kappa shape index (κ1) is 23.7. The highest BCUT2D eigenvalue weighted by molar-refractivity contribution is 7.86. The third-order valence-electron chi connectivity index (χ3n) is 3.83. The largest absolute Gasteiger partial charge is 0.741 e. The quantitative estimate of drug-likeness (QED) is 0.326. The van der Waals surface area contributed by atoms with E-state index in [1.54, 1.807) is 0 Å². The first-order valence-corrected chi connectivity index (χ1v) is 13.4. The lowest BCUT2D eigenvalue weighted by Gasteiger charge is -2.35.